The summed E-state index contributed by atoms with van der Waals surface area (Å²) in [5, 5.41) is 5.73. The maximum atomic E-state index is 3.52. The lowest BCUT2D eigenvalue weighted by atomic mass is 10.1. The molecule has 0 spiro atoms. The molecule has 0 radical (unpaired) electrons. The number of hydrogen-bond donors (Lipinski definition) is 1. The summed E-state index contributed by atoms with van der Waals surface area (Å²) in [5.41, 5.74) is 5.61. The molecule has 0 bridgehead atoms. The Hall–Kier alpha value is -0.550. The van der Waals surface area contributed by atoms with Crippen molar-refractivity contribution < 1.29 is 0 Å². The molecule has 1 aliphatic heterocycles. The minimum atomic E-state index is 0. The zero-order chi connectivity index (χ0) is 13.2. The molecule has 0 saturated carbocycles. The van der Waals surface area contributed by atoms with Crippen LogP contribution < -0.4 is 5.32 Å². The highest BCUT2D eigenvalue weighted by atomic mass is 79.9. The van der Waals surface area contributed by atoms with Crippen molar-refractivity contribution in [2.75, 3.05) is 18.9 Å². The van der Waals surface area contributed by atoms with E-state index in [0.717, 1.165) is 26.1 Å². The Balaban J connectivity index is 0.00000147. The molecule has 20 heavy (non-hydrogen) atoms. The third kappa shape index (κ3) is 3.55. The van der Waals surface area contributed by atoms with E-state index < -0.39 is 0 Å². The summed E-state index contributed by atoms with van der Waals surface area (Å²) in [7, 11) is 2.18. The highest BCUT2D eigenvalue weighted by molar-refractivity contribution is 9.11. The highest BCUT2D eigenvalue weighted by Crippen LogP contribution is 2.28. The average molecular weight is 374 g/mol. The van der Waals surface area contributed by atoms with Gasteiger partial charge in [0.1, 0.15) is 0 Å². The van der Waals surface area contributed by atoms with Gasteiger partial charge in [-0.05, 0) is 57.5 Å². The molecule has 2 heterocycles. The lowest BCUT2D eigenvalue weighted by Gasteiger charge is -2.18. The molecule has 3 rings (SSSR count). The van der Waals surface area contributed by atoms with Gasteiger partial charge in [-0.25, -0.2) is 0 Å². The minimum Gasteiger partial charge on any atom is -0.384 e. The zero-order valence-corrected chi connectivity index (χ0v) is 14.6. The second kappa shape index (κ2) is 6.94. The normalized spacial score (nSPS) is 12.9. The number of rotatable bonds is 4. The van der Waals surface area contributed by atoms with Gasteiger partial charge in [-0.2, -0.15) is 0 Å². The molecule has 2 nitrogen and oxygen atoms in total. The van der Waals surface area contributed by atoms with Crippen molar-refractivity contribution in [3.8, 4) is 0 Å². The van der Waals surface area contributed by atoms with Crippen molar-refractivity contribution >= 4 is 45.4 Å². The van der Waals surface area contributed by atoms with Crippen molar-refractivity contribution in [2.24, 2.45) is 0 Å². The number of thiophene rings is 1. The summed E-state index contributed by atoms with van der Waals surface area (Å²) >= 11 is 5.27. The molecule has 5 heteroatoms. The molecule has 0 atom stereocenters. The maximum Gasteiger partial charge on any atom is 0.0701 e. The van der Waals surface area contributed by atoms with E-state index in [-0.39, 0.29) is 12.4 Å². The van der Waals surface area contributed by atoms with Gasteiger partial charge in [0.15, 0.2) is 0 Å². The van der Waals surface area contributed by atoms with Gasteiger partial charge in [0.25, 0.3) is 0 Å². The molecule has 1 N–H and O–H groups in total. The Morgan fingerprint density at radius 2 is 2.20 bits per heavy atom. The van der Waals surface area contributed by atoms with E-state index in [0.29, 0.717) is 0 Å². The van der Waals surface area contributed by atoms with Gasteiger partial charge < -0.3 is 5.32 Å². The van der Waals surface area contributed by atoms with Gasteiger partial charge in [-0.1, -0.05) is 18.2 Å². The first-order chi connectivity index (χ1) is 9.22. The second-order valence-corrected chi connectivity index (χ2v) is 7.35. The summed E-state index contributed by atoms with van der Waals surface area (Å²) in [6, 6.07) is 8.84. The molecule has 0 amide bonds. The lowest BCUT2D eigenvalue weighted by molar-refractivity contribution is 0.320. The maximum absolute atomic E-state index is 3.52. The number of nitrogens with one attached hydrogen (secondary N) is 1. The number of hydrogen-bond acceptors (Lipinski definition) is 3. The molecule has 0 saturated heterocycles. The predicted octanol–water partition coefficient (Wildman–Crippen LogP) is 4.53. The second-order valence-electron chi connectivity index (χ2n) is 5.06. The van der Waals surface area contributed by atoms with Crippen LogP contribution in [0, 0.1) is 0 Å². The SMILES string of the molecule is CN(Cc1csc(Br)c1)Cc1cccc2c1NCC2.Cl. The fraction of sp³-hybridized carbons (Fsp3) is 0.333. The third-order valence-corrected chi connectivity index (χ3v) is 5.00. The van der Waals surface area contributed by atoms with E-state index in [2.05, 4.69) is 62.8 Å². The van der Waals surface area contributed by atoms with Crippen molar-refractivity contribution in [1.29, 1.82) is 0 Å². The van der Waals surface area contributed by atoms with Gasteiger partial charge in [-0.3, -0.25) is 4.90 Å². The predicted molar refractivity (Wildman–Crippen MR) is 93.1 cm³/mol. The van der Waals surface area contributed by atoms with Crippen LogP contribution in [0.15, 0.2) is 33.4 Å². The van der Waals surface area contributed by atoms with Crippen LogP contribution in [0.4, 0.5) is 5.69 Å². The van der Waals surface area contributed by atoms with Crippen LogP contribution in [0.5, 0.6) is 0 Å². The van der Waals surface area contributed by atoms with Crippen molar-refractivity contribution in [3.05, 3.63) is 50.1 Å². The first-order valence-corrected chi connectivity index (χ1v) is 8.16. The van der Waals surface area contributed by atoms with Gasteiger partial charge in [0.05, 0.1) is 3.79 Å². The average Bonchev–Trinajstić information content (AvgIpc) is 2.98. The first kappa shape index (κ1) is 15.8. The molecular formula is C15H18BrClN2S. The summed E-state index contributed by atoms with van der Waals surface area (Å²) in [6.45, 7) is 3.06. The monoisotopic (exact) mass is 372 g/mol. The van der Waals surface area contributed by atoms with Gasteiger partial charge in [-0.15, -0.1) is 23.7 Å². The molecule has 2 aromatic rings. The Morgan fingerprint density at radius 1 is 1.35 bits per heavy atom. The molecule has 108 valence electrons. The first-order valence-electron chi connectivity index (χ1n) is 6.48. The van der Waals surface area contributed by atoms with E-state index in [1.165, 1.54) is 26.2 Å². The number of para-hydroxylation sites is 1. The number of anilines is 1. The number of nitrogens with zero attached hydrogens (tertiary/aromatic N) is 1. The van der Waals surface area contributed by atoms with Crippen LogP contribution in [0.3, 0.4) is 0 Å². The number of halogens is 2. The lowest BCUT2D eigenvalue weighted by Crippen LogP contribution is -2.17. The van der Waals surface area contributed by atoms with E-state index in [1.807, 2.05) is 0 Å². The fourth-order valence-corrected chi connectivity index (χ4v) is 3.83. The fourth-order valence-electron chi connectivity index (χ4n) is 2.63. The Labute approximate surface area is 138 Å². The third-order valence-electron chi connectivity index (χ3n) is 3.45. The zero-order valence-electron chi connectivity index (χ0n) is 11.4. The molecule has 1 aliphatic rings. The van der Waals surface area contributed by atoms with Crippen LogP contribution in [-0.4, -0.2) is 18.5 Å². The summed E-state index contributed by atoms with van der Waals surface area (Å²) < 4.78 is 1.21. The van der Waals surface area contributed by atoms with Gasteiger partial charge >= 0.3 is 0 Å². The molecule has 0 unspecified atom stereocenters. The topological polar surface area (TPSA) is 15.3 Å². The van der Waals surface area contributed by atoms with Crippen LogP contribution in [0.25, 0.3) is 0 Å². The Kier molecular flexibility index (Phi) is 5.49. The van der Waals surface area contributed by atoms with Crippen LogP contribution in [0.2, 0.25) is 0 Å². The van der Waals surface area contributed by atoms with Crippen LogP contribution in [0.1, 0.15) is 16.7 Å². The molecule has 0 fully saturated rings. The van der Waals surface area contributed by atoms with Gasteiger partial charge in [0.2, 0.25) is 0 Å². The Morgan fingerprint density at radius 3 is 2.95 bits per heavy atom. The number of fused-ring (bicyclic) bond motifs is 1. The minimum absolute atomic E-state index is 0. The van der Waals surface area contributed by atoms with Crippen LogP contribution in [-0.2, 0) is 19.5 Å². The van der Waals surface area contributed by atoms with Gasteiger partial charge in [0, 0.05) is 25.3 Å². The summed E-state index contributed by atoms with van der Waals surface area (Å²) in [6.07, 6.45) is 1.16. The molecule has 1 aromatic heterocycles. The van der Waals surface area contributed by atoms with Crippen LogP contribution >= 0.6 is 39.7 Å². The van der Waals surface area contributed by atoms with E-state index in [9.17, 15) is 0 Å². The molecule has 1 aromatic carbocycles. The van der Waals surface area contributed by atoms with E-state index >= 15 is 0 Å². The van der Waals surface area contributed by atoms with E-state index in [1.54, 1.807) is 11.3 Å². The summed E-state index contributed by atoms with van der Waals surface area (Å²) in [5.74, 6) is 0. The van der Waals surface area contributed by atoms with Crippen molar-refractivity contribution in [1.82, 2.24) is 4.90 Å². The quantitative estimate of drug-likeness (QED) is 0.847. The highest BCUT2D eigenvalue weighted by Gasteiger charge is 2.14. The standard InChI is InChI=1S/C15H17BrN2S.ClH/c1-18(8-11-7-14(16)19-10-11)9-13-4-2-3-12-5-6-17-15(12)13;/h2-4,7,10,17H,5-6,8-9H2,1H3;1H. The van der Waals surface area contributed by atoms with E-state index in [4.69, 9.17) is 0 Å². The number of benzene rings is 1. The molecular weight excluding hydrogens is 356 g/mol. The molecule has 0 aliphatic carbocycles. The largest absolute Gasteiger partial charge is 0.384 e. The van der Waals surface area contributed by atoms with Crippen molar-refractivity contribution in [3.63, 3.8) is 0 Å². The summed E-state index contributed by atoms with van der Waals surface area (Å²) in [4.78, 5) is 2.37. The van der Waals surface area contributed by atoms with Crippen molar-refractivity contribution in [2.45, 2.75) is 19.5 Å². The Bertz CT molecular complexity index is 585. The smallest absolute Gasteiger partial charge is 0.0701 e.